The normalized spacial score (nSPS) is 27.7. The molecule has 0 spiro atoms. The summed E-state index contributed by atoms with van der Waals surface area (Å²) < 4.78 is 0. The van der Waals surface area contributed by atoms with E-state index in [0.29, 0.717) is 17.7 Å². The summed E-state index contributed by atoms with van der Waals surface area (Å²) in [6.45, 7) is 4.11. The van der Waals surface area contributed by atoms with Crippen molar-refractivity contribution in [3.05, 3.63) is 0 Å². The summed E-state index contributed by atoms with van der Waals surface area (Å²) >= 11 is 1.95. The second-order valence-corrected chi connectivity index (χ2v) is 5.57. The van der Waals surface area contributed by atoms with Gasteiger partial charge in [0.2, 0.25) is 5.91 Å². The summed E-state index contributed by atoms with van der Waals surface area (Å²) in [6.07, 6.45) is 4.28. The van der Waals surface area contributed by atoms with Gasteiger partial charge in [0.15, 0.2) is 0 Å². The van der Waals surface area contributed by atoms with Gasteiger partial charge in [-0.3, -0.25) is 4.79 Å². The van der Waals surface area contributed by atoms with Crippen LogP contribution in [0.1, 0.15) is 39.5 Å². The van der Waals surface area contributed by atoms with Crippen LogP contribution in [0.25, 0.3) is 0 Å². The molecule has 0 aromatic carbocycles. The maximum absolute atomic E-state index is 11.6. The molecule has 15 heavy (non-hydrogen) atoms. The standard InChI is InChI=1S/C11H22N2OS/c1-3-8(12)11(14)13-9-6-5-7-10(9)15-4-2/h8-10H,3-7,12H2,1-2H3,(H,13,14)/t8-,9?,10?/m1/s1. The fourth-order valence-corrected chi connectivity index (χ4v) is 3.18. The van der Waals surface area contributed by atoms with Gasteiger partial charge in [-0.25, -0.2) is 0 Å². The molecule has 1 aliphatic rings. The van der Waals surface area contributed by atoms with Crippen LogP contribution >= 0.6 is 11.8 Å². The third-order valence-corrected chi connectivity index (χ3v) is 4.26. The first kappa shape index (κ1) is 12.8. The molecule has 0 aliphatic heterocycles. The first-order valence-electron chi connectivity index (χ1n) is 5.86. The minimum absolute atomic E-state index is 0.0195. The van der Waals surface area contributed by atoms with Crippen LogP contribution < -0.4 is 11.1 Å². The van der Waals surface area contributed by atoms with Crippen molar-refractivity contribution in [1.29, 1.82) is 0 Å². The van der Waals surface area contributed by atoms with Gasteiger partial charge >= 0.3 is 0 Å². The molecule has 3 N–H and O–H groups in total. The van der Waals surface area contributed by atoms with Crippen molar-refractivity contribution >= 4 is 17.7 Å². The molecule has 0 heterocycles. The van der Waals surface area contributed by atoms with Crippen molar-refractivity contribution in [1.82, 2.24) is 5.32 Å². The number of hydrogen-bond donors (Lipinski definition) is 2. The van der Waals surface area contributed by atoms with Crippen LogP contribution in [0.2, 0.25) is 0 Å². The molecule has 2 unspecified atom stereocenters. The zero-order chi connectivity index (χ0) is 11.3. The Morgan fingerprint density at radius 3 is 2.87 bits per heavy atom. The molecule has 1 saturated carbocycles. The molecule has 4 heteroatoms. The number of hydrogen-bond acceptors (Lipinski definition) is 3. The molecule has 3 atom stereocenters. The van der Waals surface area contributed by atoms with Gasteiger partial charge in [0.1, 0.15) is 0 Å². The Balaban J connectivity index is 2.39. The van der Waals surface area contributed by atoms with Crippen LogP contribution in [0.4, 0.5) is 0 Å². The van der Waals surface area contributed by atoms with Crippen LogP contribution in [0.5, 0.6) is 0 Å². The van der Waals surface area contributed by atoms with E-state index in [1.807, 2.05) is 18.7 Å². The van der Waals surface area contributed by atoms with E-state index in [-0.39, 0.29) is 11.9 Å². The van der Waals surface area contributed by atoms with Gasteiger partial charge in [-0.2, -0.15) is 11.8 Å². The lowest BCUT2D eigenvalue weighted by atomic mass is 10.2. The SMILES string of the molecule is CCSC1CCCC1NC(=O)[C@H](N)CC. The summed E-state index contributed by atoms with van der Waals surface area (Å²) in [7, 11) is 0. The first-order chi connectivity index (χ1) is 7.19. The van der Waals surface area contributed by atoms with E-state index >= 15 is 0 Å². The topological polar surface area (TPSA) is 55.1 Å². The largest absolute Gasteiger partial charge is 0.351 e. The van der Waals surface area contributed by atoms with Gasteiger partial charge in [-0.15, -0.1) is 0 Å². The highest BCUT2D eigenvalue weighted by Gasteiger charge is 2.29. The van der Waals surface area contributed by atoms with E-state index in [2.05, 4.69) is 12.2 Å². The minimum Gasteiger partial charge on any atom is -0.351 e. The van der Waals surface area contributed by atoms with Gasteiger partial charge in [0, 0.05) is 11.3 Å². The predicted molar refractivity (Wildman–Crippen MR) is 66.0 cm³/mol. The summed E-state index contributed by atoms with van der Waals surface area (Å²) in [5.41, 5.74) is 5.70. The third kappa shape index (κ3) is 3.68. The molecule has 0 radical (unpaired) electrons. The average Bonchev–Trinajstić information content (AvgIpc) is 2.65. The van der Waals surface area contributed by atoms with E-state index in [0.717, 1.165) is 12.2 Å². The van der Waals surface area contributed by atoms with Crippen LogP contribution in [-0.4, -0.2) is 29.0 Å². The summed E-state index contributed by atoms with van der Waals surface area (Å²) in [6, 6.07) is 0.0120. The summed E-state index contributed by atoms with van der Waals surface area (Å²) in [4.78, 5) is 11.6. The molecule has 1 fully saturated rings. The molecular formula is C11H22N2OS. The van der Waals surface area contributed by atoms with E-state index < -0.39 is 0 Å². The Morgan fingerprint density at radius 1 is 1.53 bits per heavy atom. The van der Waals surface area contributed by atoms with Gasteiger partial charge in [-0.05, 0) is 25.0 Å². The molecule has 0 saturated heterocycles. The van der Waals surface area contributed by atoms with Crippen LogP contribution in [0.3, 0.4) is 0 Å². The first-order valence-corrected chi connectivity index (χ1v) is 6.91. The summed E-state index contributed by atoms with van der Waals surface area (Å²) in [5, 5.41) is 3.68. The Labute approximate surface area is 96.6 Å². The van der Waals surface area contributed by atoms with Crippen molar-refractivity contribution in [3.8, 4) is 0 Å². The molecule has 0 aromatic heterocycles. The molecule has 1 aliphatic carbocycles. The number of amides is 1. The number of nitrogens with one attached hydrogen (secondary N) is 1. The fraction of sp³-hybridized carbons (Fsp3) is 0.909. The van der Waals surface area contributed by atoms with Crippen molar-refractivity contribution < 1.29 is 4.79 Å². The average molecular weight is 230 g/mol. The maximum atomic E-state index is 11.6. The van der Waals surface area contributed by atoms with Gasteiger partial charge < -0.3 is 11.1 Å². The van der Waals surface area contributed by atoms with Crippen LogP contribution in [0.15, 0.2) is 0 Å². The van der Waals surface area contributed by atoms with E-state index in [4.69, 9.17) is 5.73 Å². The zero-order valence-electron chi connectivity index (χ0n) is 9.66. The monoisotopic (exact) mass is 230 g/mol. The van der Waals surface area contributed by atoms with Gasteiger partial charge in [0.25, 0.3) is 0 Å². The summed E-state index contributed by atoms with van der Waals surface area (Å²) in [5.74, 6) is 1.14. The second kappa shape index (κ2) is 6.38. The maximum Gasteiger partial charge on any atom is 0.237 e. The second-order valence-electron chi connectivity index (χ2n) is 4.05. The number of carbonyl (C=O) groups is 1. The zero-order valence-corrected chi connectivity index (χ0v) is 10.5. The van der Waals surface area contributed by atoms with Crippen molar-refractivity contribution in [3.63, 3.8) is 0 Å². The smallest absolute Gasteiger partial charge is 0.237 e. The molecule has 1 rings (SSSR count). The number of rotatable bonds is 5. The predicted octanol–water partition coefficient (Wildman–Crippen LogP) is 1.51. The Morgan fingerprint density at radius 2 is 2.27 bits per heavy atom. The number of carbonyl (C=O) groups excluding carboxylic acids is 1. The Kier molecular flexibility index (Phi) is 5.47. The highest BCUT2D eigenvalue weighted by molar-refractivity contribution is 7.99. The van der Waals surface area contributed by atoms with Crippen LogP contribution in [-0.2, 0) is 4.79 Å². The lowest BCUT2D eigenvalue weighted by molar-refractivity contribution is -0.123. The molecule has 88 valence electrons. The molecule has 1 amide bonds. The fourth-order valence-electron chi connectivity index (χ4n) is 1.98. The lowest BCUT2D eigenvalue weighted by Gasteiger charge is -2.21. The van der Waals surface area contributed by atoms with Crippen molar-refractivity contribution in [2.45, 2.75) is 56.9 Å². The minimum atomic E-state index is -0.335. The van der Waals surface area contributed by atoms with Gasteiger partial charge in [-0.1, -0.05) is 20.3 Å². The highest BCUT2D eigenvalue weighted by atomic mass is 32.2. The van der Waals surface area contributed by atoms with Crippen molar-refractivity contribution in [2.24, 2.45) is 5.73 Å². The Hall–Kier alpha value is -0.220. The third-order valence-electron chi connectivity index (χ3n) is 2.94. The Bertz CT molecular complexity index is 211. The highest BCUT2D eigenvalue weighted by Crippen LogP contribution is 2.29. The van der Waals surface area contributed by atoms with Crippen molar-refractivity contribution in [2.75, 3.05) is 5.75 Å². The van der Waals surface area contributed by atoms with Crippen LogP contribution in [0, 0.1) is 0 Å². The lowest BCUT2D eigenvalue weighted by Crippen LogP contribution is -2.47. The molecule has 3 nitrogen and oxygen atoms in total. The van der Waals surface area contributed by atoms with E-state index in [1.54, 1.807) is 0 Å². The quantitative estimate of drug-likeness (QED) is 0.753. The number of nitrogens with two attached hydrogens (primary N) is 1. The molecular weight excluding hydrogens is 208 g/mol. The molecule has 0 bridgehead atoms. The van der Waals surface area contributed by atoms with E-state index in [9.17, 15) is 4.79 Å². The van der Waals surface area contributed by atoms with Gasteiger partial charge in [0.05, 0.1) is 6.04 Å². The number of thioether (sulfide) groups is 1. The van der Waals surface area contributed by atoms with E-state index in [1.165, 1.54) is 12.8 Å². The molecule has 0 aromatic rings.